The molecule has 0 bridgehead atoms. The van der Waals surface area contributed by atoms with E-state index in [1.807, 2.05) is 33.3 Å². The molecule has 0 aliphatic rings. The molecule has 55 heavy (non-hydrogen) atoms. The van der Waals surface area contributed by atoms with Gasteiger partial charge in [0, 0.05) is 12.8 Å². The van der Waals surface area contributed by atoms with Crippen LogP contribution in [0.5, 0.6) is 0 Å². The maximum absolute atomic E-state index is 12.6. The third-order valence-electron chi connectivity index (χ3n) is 8.84. The van der Waals surface area contributed by atoms with Gasteiger partial charge in [-0.2, -0.15) is 0 Å². The lowest BCUT2D eigenvalue weighted by Crippen LogP contribution is -2.37. The monoisotopic (exact) mass is 795 g/mol. The first-order valence-electron chi connectivity index (χ1n) is 21.5. The van der Waals surface area contributed by atoms with Crippen molar-refractivity contribution in [3.05, 3.63) is 60.8 Å². The van der Waals surface area contributed by atoms with Gasteiger partial charge in [-0.05, 0) is 57.8 Å². The number of ether oxygens (including phenoxy) is 2. The molecule has 0 aromatic carbocycles. The van der Waals surface area contributed by atoms with Crippen LogP contribution in [0, 0.1) is 0 Å². The summed E-state index contributed by atoms with van der Waals surface area (Å²) in [7, 11) is 1.42. The van der Waals surface area contributed by atoms with Crippen LogP contribution in [0.2, 0.25) is 0 Å². The fourth-order valence-electron chi connectivity index (χ4n) is 5.42. The highest BCUT2D eigenvalue weighted by Gasteiger charge is 2.27. The van der Waals surface area contributed by atoms with Crippen molar-refractivity contribution in [1.29, 1.82) is 0 Å². The van der Waals surface area contributed by atoms with Crippen LogP contribution in [0.3, 0.4) is 0 Å². The summed E-state index contributed by atoms with van der Waals surface area (Å²) in [6.45, 7) is 4.29. The van der Waals surface area contributed by atoms with Gasteiger partial charge < -0.3 is 18.9 Å². The van der Waals surface area contributed by atoms with Crippen LogP contribution in [0.25, 0.3) is 0 Å². The van der Waals surface area contributed by atoms with Crippen molar-refractivity contribution in [2.24, 2.45) is 0 Å². The first-order valence-corrected chi connectivity index (χ1v) is 23.0. The van der Waals surface area contributed by atoms with Gasteiger partial charge in [-0.15, -0.1) is 0 Å². The van der Waals surface area contributed by atoms with Gasteiger partial charge in [0.2, 0.25) is 0 Å². The predicted octanol–water partition coefficient (Wildman–Crippen LogP) is 12.1. The van der Waals surface area contributed by atoms with E-state index in [1.165, 1.54) is 70.6 Å². The molecule has 0 amide bonds. The fraction of sp³-hybridized carbons (Fsp3) is 0.733. The van der Waals surface area contributed by atoms with E-state index in [4.69, 9.17) is 18.5 Å². The fourth-order valence-corrected chi connectivity index (χ4v) is 6.16. The second-order valence-electron chi connectivity index (χ2n) is 15.4. The van der Waals surface area contributed by atoms with E-state index < -0.39 is 32.5 Å². The van der Waals surface area contributed by atoms with Crippen molar-refractivity contribution < 1.29 is 42.1 Å². The minimum Gasteiger partial charge on any atom is -0.462 e. The standard InChI is InChI=1S/C45H80NO8P/c1-6-8-10-12-14-16-18-20-21-22-23-24-26-27-29-31-33-35-37-44(47)51-41-43(42-53-55(49,50)52-40-39-46(3,4)5)54-45(48)38-36-34-32-30-28-25-19-17-15-13-11-9-7-2/h18,20-25,28,32,34,43H,6-17,19,26-27,29-31,33,35-42H2,1-5H3/p+1/b20-18+,22-21+,24-23+,28-25+,34-32+. The maximum atomic E-state index is 12.6. The van der Waals surface area contributed by atoms with E-state index in [0.29, 0.717) is 23.9 Å². The highest BCUT2D eigenvalue weighted by Crippen LogP contribution is 2.43. The number of hydrogen-bond donors (Lipinski definition) is 1. The van der Waals surface area contributed by atoms with E-state index in [0.717, 1.165) is 51.4 Å². The van der Waals surface area contributed by atoms with Crippen molar-refractivity contribution in [3.63, 3.8) is 0 Å². The topological polar surface area (TPSA) is 108 Å². The first-order chi connectivity index (χ1) is 26.5. The number of esters is 2. The Morgan fingerprint density at radius 2 is 1.09 bits per heavy atom. The Kier molecular flexibility index (Phi) is 35.7. The van der Waals surface area contributed by atoms with Crippen LogP contribution in [-0.4, -0.2) is 74.9 Å². The maximum Gasteiger partial charge on any atom is 0.472 e. The minimum absolute atomic E-state index is 0.0164. The molecule has 0 aliphatic carbocycles. The number of nitrogens with zero attached hydrogens (tertiary/aromatic N) is 1. The largest absolute Gasteiger partial charge is 0.472 e. The average molecular weight is 795 g/mol. The Balaban J connectivity index is 4.48. The molecule has 0 saturated carbocycles. The molecular weight excluding hydrogens is 713 g/mol. The summed E-state index contributed by atoms with van der Waals surface area (Å²) < 4.78 is 34.1. The van der Waals surface area contributed by atoms with Crippen LogP contribution in [0.15, 0.2) is 60.8 Å². The third kappa shape index (κ3) is 41.2. The highest BCUT2D eigenvalue weighted by atomic mass is 31.2. The number of quaternary nitrogens is 1. The van der Waals surface area contributed by atoms with E-state index in [-0.39, 0.29) is 26.1 Å². The molecule has 0 aliphatic heterocycles. The quantitative estimate of drug-likeness (QED) is 0.0164. The number of hydrogen-bond acceptors (Lipinski definition) is 7. The normalized spacial score (nSPS) is 14.2. The predicted molar refractivity (Wildman–Crippen MR) is 229 cm³/mol. The third-order valence-corrected chi connectivity index (χ3v) is 9.83. The molecule has 2 atom stereocenters. The Labute approximate surface area is 336 Å². The molecule has 0 radical (unpaired) electrons. The number of phosphoric acid groups is 1. The van der Waals surface area contributed by atoms with Crippen LogP contribution in [0.4, 0.5) is 0 Å². The van der Waals surface area contributed by atoms with Crippen molar-refractivity contribution in [3.8, 4) is 0 Å². The summed E-state index contributed by atoms with van der Waals surface area (Å²) in [6, 6.07) is 0. The zero-order valence-corrected chi connectivity index (χ0v) is 36.5. The van der Waals surface area contributed by atoms with Gasteiger partial charge in [-0.1, -0.05) is 152 Å². The van der Waals surface area contributed by atoms with Gasteiger partial charge in [0.25, 0.3) is 0 Å². The second-order valence-corrected chi connectivity index (χ2v) is 16.9. The van der Waals surface area contributed by atoms with E-state index >= 15 is 0 Å². The lowest BCUT2D eigenvalue weighted by atomic mass is 10.1. The molecule has 0 heterocycles. The zero-order valence-electron chi connectivity index (χ0n) is 35.6. The Morgan fingerprint density at radius 3 is 1.65 bits per heavy atom. The van der Waals surface area contributed by atoms with Gasteiger partial charge in [-0.25, -0.2) is 4.57 Å². The second kappa shape index (κ2) is 37.3. The van der Waals surface area contributed by atoms with Crippen molar-refractivity contribution in [2.45, 2.75) is 168 Å². The Morgan fingerprint density at radius 1 is 0.582 bits per heavy atom. The first kappa shape index (κ1) is 52.7. The molecule has 0 aromatic heterocycles. The van der Waals surface area contributed by atoms with Crippen LogP contribution < -0.4 is 0 Å². The highest BCUT2D eigenvalue weighted by molar-refractivity contribution is 7.47. The number of carbonyl (C=O) groups excluding carboxylic acids is 2. The Bertz CT molecular complexity index is 1120. The Hall–Kier alpha value is -2.29. The van der Waals surface area contributed by atoms with Gasteiger partial charge in [0.15, 0.2) is 6.10 Å². The lowest BCUT2D eigenvalue weighted by molar-refractivity contribution is -0.870. The molecule has 9 nitrogen and oxygen atoms in total. The van der Waals surface area contributed by atoms with Crippen molar-refractivity contribution >= 4 is 19.8 Å². The molecule has 0 rings (SSSR count). The van der Waals surface area contributed by atoms with Gasteiger partial charge in [0.05, 0.1) is 27.7 Å². The summed E-state index contributed by atoms with van der Waals surface area (Å²) >= 11 is 0. The number of allylic oxidation sites excluding steroid dienone is 10. The lowest BCUT2D eigenvalue weighted by Gasteiger charge is -2.24. The van der Waals surface area contributed by atoms with Gasteiger partial charge in [0.1, 0.15) is 19.8 Å². The molecular formula is C45H81NO8P+. The molecule has 0 aromatic rings. The number of likely N-dealkylation sites (N-methyl/N-ethyl adjacent to an activating group) is 1. The smallest absolute Gasteiger partial charge is 0.462 e. The molecule has 10 heteroatoms. The van der Waals surface area contributed by atoms with E-state index in [9.17, 15) is 19.0 Å². The number of carbonyl (C=O) groups is 2. The molecule has 0 fully saturated rings. The van der Waals surface area contributed by atoms with Crippen LogP contribution >= 0.6 is 7.82 Å². The van der Waals surface area contributed by atoms with Crippen molar-refractivity contribution in [1.82, 2.24) is 0 Å². The summed E-state index contributed by atoms with van der Waals surface area (Å²) in [5.74, 6) is -0.905. The molecule has 0 saturated heterocycles. The molecule has 0 spiro atoms. The van der Waals surface area contributed by atoms with Crippen LogP contribution in [0.1, 0.15) is 162 Å². The van der Waals surface area contributed by atoms with Crippen molar-refractivity contribution in [2.75, 3.05) is 47.5 Å². The van der Waals surface area contributed by atoms with Gasteiger partial charge in [-0.3, -0.25) is 18.6 Å². The van der Waals surface area contributed by atoms with Crippen LogP contribution in [-0.2, 0) is 32.7 Å². The summed E-state index contributed by atoms with van der Waals surface area (Å²) in [5, 5.41) is 0. The minimum atomic E-state index is -4.39. The zero-order chi connectivity index (χ0) is 40.7. The number of unbranched alkanes of at least 4 members (excludes halogenated alkanes) is 16. The number of phosphoric ester groups is 1. The van der Waals surface area contributed by atoms with E-state index in [1.54, 1.807) is 0 Å². The van der Waals surface area contributed by atoms with Gasteiger partial charge >= 0.3 is 19.8 Å². The SMILES string of the molecule is CCCCCCC/C=C/C=C/C=C/CCCCCCCC(=O)OCC(COP(=O)(O)OCC[N+](C)(C)C)OC(=O)CC/C=C/C/C=C/CCCCCCCC. The molecule has 2 unspecified atom stereocenters. The molecule has 1 N–H and O–H groups in total. The summed E-state index contributed by atoms with van der Waals surface area (Å²) in [6.07, 6.45) is 44.3. The average Bonchev–Trinajstić information content (AvgIpc) is 3.13. The summed E-state index contributed by atoms with van der Waals surface area (Å²) in [4.78, 5) is 35.3. The number of rotatable bonds is 38. The summed E-state index contributed by atoms with van der Waals surface area (Å²) in [5.41, 5.74) is 0. The molecule has 318 valence electrons. The van der Waals surface area contributed by atoms with E-state index in [2.05, 4.69) is 62.5 Å².